The van der Waals surface area contributed by atoms with E-state index in [-0.39, 0.29) is 0 Å². The molecule has 1 heteroatoms. The first kappa shape index (κ1) is 24.3. The molecule has 0 aromatic rings. The largest absolute Gasteiger partial charge is 0.345 e. The van der Waals surface area contributed by atoms with Crippen molar-refractivity contribution in [3.05, 3.63) is 72.7 Å². The van der Waals surface area contributed by atoms with Crippen LogP contribution in [0.4, 0.5) is 0 Å². The Bertz CT molecular complexity index is 365. The minimum Gasteiger partial charge on any atom is -0.345 e. The van der Waals surface area contributed by atoms with Crippen LogP contribution in [0, 0.1) is 0 Å². The van der Waals surface area contributed by atoms with Gasteiger partial charge in [0.05, 0.1) is 0 Å². The summed E-state index contributed by atoms with van der Waals surface area (Å²) in [4.78, 5) is 2.14. The molecular weight excluding hydrogens is 254 g/mol. The van der Waals surface area contributed by atoms with Crippen molar-refractivity contribution in [3.63, 3.8) is 0 Å². The molecule has 0 bridgehead atoms. The van der Waals surface area contributed by atoms with Gasteiger partial charge in [-0.1, -0.05) is 70.7 Å². The van der Waals surface area contributed by atoms with Crippen LogP contribution < -0.4 is 0 Å². The van der Waals surface area contributed by atoms with Gasteiger partial charge in [0, 0.05) is 18.4 Å². The normalized spacial score (nSPS) is 12.0. The van der Waals surface area contributed by atoms with Crippen LogP contribution >= 0.6 is 0 Å². The van der Waals surface area contributed by atoms with E-state index in [0.29, 0.717) is 0 Å². The summed E-state index contributed by atoms with van der Waals surface area (Å²) in [6.45, 7) is 17.7. The van der Waals surface area contributed by atoms with Crippen molar-refractivity contribution in [2.45, 2.75) is 48.5 Å². The maximum absolute atomic E-state index is 3.68. The van der Waals surface area contributed by atoms with E-state index >= 15 is 0 Å². The predicted octanol–water partition coefficient (Wildman–Crippen LogP) is 6.65. The van der Waals surface area contributed by atoms with Gasteiger partial charge >= 0.3 is 0 Å². The highest BCUT2D eigenvalue weighted by atomic mass is 15.1. The first-order chi connectivity index (χ1) is 10.2. The number of hydrogen-bond donors (Lipinski definition) is 0. The van der Waals surface area contributed by atoms with Gasteiger partial charge in [0.2, 0.25) is 0 Å². The van der Waals surface area contributed by atoms with Crippen molar-refractivity contribution < 1.29 is 0 Å². The molecule has 0 rings (SSSR count). The van der Waals surface area contributed by atoms with E-state index in [1.54, 1.807) is 6.08 Å². The molecule has 0 unspecified atom stereocenters. The van der Waals surface area contributed by atoms with Crippen molar-refractivity contribution in [1.82, 2.24) is 4.90 Å². The standard InChI is InChI=1S/C16H23N.2C2H6/c1-6-10-13-15(9-4)17(5)16(12-8-3)14-11-7-2;2*1-2/h6-14H,1H2,2-5H3;2*1-2H3/b11-7-,12-8-,13-10-,15-9+,16-14+;;. The Morgan fingerprint density at radius 1 is 0.810 bits per heavy atom. The van der Waals surface area contributed by atoms with Gasteiger partial charge in [-0.3, -0.25) is 0 Å². The van der Waals surface area contributed by atoms with Crippen molar-refractivity contribution in [2.75, 3.05) is 7.05 Å². The fourth-order valence-corrected chi connectivity index (χ4v) is 1.36. The van der Waals surface area contributed by atoms with Gasteiger partial charge in [-0.15, -0.1) is 0 Å². The zero-order chi connectivity index (χ0) is 17.1. The minimum atomic E-state index is 1.14. The molecule has 120 valence electrons. The van der Waals surface area contributed by atoms with Gasteiger partial charge in [0.25, 0.3) is 0 Å². The van der Waals surface area contributed by atoms with Crippen molar-refractivity contribution in [3.8, 4) is 0 Å². The van der Waals surface area contributed by atoms with Crippen LogP contribution in [0.5, 0.6) is 0 Å². The molecule has 21 heavy (non-hydrogen) atoms. The second-order valence-corrected chi connectivity index (χ2v) is 3.48. The zero-order valence-electron chi connectivity index (χ0n) is 15.4. The van der Waals surface area contributed by atoms with E-state index in [9.17, 15) is 0 Å². The second-order valence-electron chi connectivity index (χ2n) is 3.48. The SMILES string of the molecule is C=C/C=C\C(=C/C)N(C)C(/C=C\C)=C/C=C\C.CC.CC. The highest BCUT2D eigenvalue weighted by Crippen LogP contribution is 2.13. The topological polar surface area (TPSA) is 3.24 Å². The number of hydrogen-bond acceptors (Lipinski definition) is 1. The summed E-state index contributed by atoms with van der Waals surface area (Å²) in [7, 11) is 2.05. The Morgan fingerprint density at radius 3 is 1.76 bits per heavy atom. The van der Waals surface area contributed by atoms with Gasteiger partial charge in [0.15, 0.2) is 0 Å². The predicted molar refractivity (Wildman–Crippen MR) is 101 cm³/mol. The third-order valence-electron chi connectivity index (χ3n) is 2.27. The third-order valence-corrected chi connectivity index (χ3v) is 2.27. The summed E-state index contributed by atoms with van der Waals surface area (Å²) in [5.41, 5.74) is 2.28. The molecular formula is C20H35N. The quantitative estimate of drug-likeness (QED) is 0.495. The Balaban J connectivity index is -0.000000739. The van der Waals surface area contributed by atoms with E-state index in [0.717, 1.165) is 11.4 Å². The lowest BCUT2D eigenvalue weighted by Crippen LogP contribution is -2.14. The van der Waals surface area contributed by atoms with Crippen molar-refractivity contribution in [1.29, 1.82) is 0 Å². The van der Waals surface area contributed by atoms with E-state index in [2.05, 4.69) is 36.8 Å². The molecule has 0 heterocycles. The van der Waals surface area contributed by atoms with E-state index in [1.165, 1.54) is 0 Å². The van der Waals surface area contributed by atoms with Gasteiger partial charge in [-0.05, 0) is 39.0 Å². The summed E-state index contributed by atoms with van der Waals surface area (Å²) in [5, 5.41) is 0. The Morgan fingerprint density at radius 2 is 1.38 bits per heavy atom. The van der Waals surface area contributed by atoms with Crippen LogP contribution in [0.2, 0.25) is 0 Å². The van der Waals surface area contributed by atoms with Crippen LogP contribution in [0.25, 0.3) is 0 Å². The second kappa shape index (κ2) is 20.6. The van der Waals surface area contributed by atoms with Gasteiger partial charge in [-0.25, -0.2) is 0 Å². The van der Waals surface area contributed by atoms with E-state index in [4.69, 9.17) is 0 Å². The minimum absolute atomic E-state index is 1.14. The highest BCUT2D eigenvalue weighted by Gasteiger charge is 2.02. The summed E-state index contributed by atoms with van der Waals surface area (Å²) < 4.78 is 0. The molecule has 0 aliphatic rings. The van der Waals surface area contributed by atoms with Crippen LogP contribution in [0.3, 0.4) is 0 Å². The lowest BCUT2D eigenvalue weighted by molar-refractivity contribution is 0.553. The van der Waals surface area contributed by atoms with Crippen LogP contribution in [-0.2, 0) is 0 Å². The Hall–Kier alpha value is -1.76. The average molecular weight is 290 g/mol. The van der Waals surface area contributed by atoms with Crippen LogP contribution in [-0.4, -0.2) is 11.9 Å². The number of nitrogens with zero attached hydrogens (tertiary/aromatic N) is 1. The summed E-state index contributed by atoms with van der Waals surface area (Å²) in [6, 6.07) is 0. The zero-order valence-corrected chi connectivity index (χ0v) is 15.4. The summed E-state index contributed by atoms with van der Waals surface area (Å²) in [6.07, 6.45) is 18.1. The molecule has 0 amide bonds. The molecule has 0 saturated carbocycles. The average Bonchev–Trinajstić information content (AvgIpc) is 2.55. The third kappa shape index (κ3) is 13.0. The molecule has 0 spiro atoms. The lowest BCUT2D eigenvalue weighted by atomic mass is 10.2. The molecule has 0 aromatic carbocycles. The van der Waals surface area contributed by atoms with Gasteiger partial charge < -0.3 is 4.90 Å². The van der Waals surface area contributed by atoms with Crippen molar-refractivity contribution in [2.24, 2.45) is 0 Å². The molecule has 0 aliphatic heterocycles. The molecule has 0 atom stereocenters. The molecule has 0 saturated heterocycles. The van der Waals surface area contributed by atoms with Crippen molar-refractivity contribution >= 4 is 0 Å². The van der Waals surface area contributed by atoms with E-state index < -0.39 is 0 Å². The van der Waals surface area contributed by atoms with E-state index in [1.807, 2.05) is 78.8 Å². The first-order valence-corrected chi connectivity index (χ1v) is 7.86. The summed E-state index contributed by atoms with van der Waals surface area (Å²) >= 11 is 0. The molecule has 0 radical (unpaired) electrons. The fraction of sp³-hybridized carbons (Fsp3) is 0.400. The van der Waals surface area contributed by atoms with Gasteiger partial charge in [-0.2, -0.15) is 0 Å². The maximum atomic E-state index is 3.68. The monoisotopic (exact) mass is 289 g/mol. The smallest absolute Gasteiger partial charge is 0.0404 e. The van der Waals surface area contributed by atoms with Crippen LogP contribution in [0.15, 0.2) is 72.7 Å². The summed E-state index contributed by atoms with van der Waals surface area (Å²) in [5.74, 6) is 0. The first-order valence-electron chi connectivity index (χ1n) is 7.86. The molecule has 0 aliphatic carbocycles. The molecule has 0 N–H and O–H groups in total. The van der Waals surface area contributed by atoms with Gasteiger partial charge in [0.1, 0.15) is 0 Å². The Labute approximate surface area is 133 Å². The fourth-order valence-electron chi connectivity index (χ4n) is 1.36. The molecule has 0 fully saturated rings. The number of rotatable bonds is 6. The Kier molecular flexibility index (Phi) is 23.8. The molecule has 1 nitrogen and oxygen atoms in total. The van der Waals surface area contributed by atoms with Crippen LogP contribution in [0.1, 0.15) is 48.5 Å². The number of likely N-dealkylation sites (N-methyl/N-ethyl adjacent to an activating group) is 1. The maximum Gasteiger partial charge on any atom is 0.0404 e. The molecule has 0 aromatic heterocycles. The lowest BCUT2D eigenvalue weighted by Gasteiger charge is -2.21. The number of allylic oxidation sites excluding steroid dienone is 9. The highest BCUT2D eigenvalue weighted by molar-refractivity contribution is 5.31.